The van der Waals surface area contributed by atoms with Crippen molar-refractivity contribution in [3.63, 3.8) is 0 Å². The first-order valence-electron chi connectivity index (χ1n) is 6.11. The standard InChI is InChI=1S/C15H19ClN2/c1-9-5-11(8-15(3,4)17)14-12(6-9)13(16)7-10(2)18-14/h5-7H,8,17H2,1-4H3. The fourth-order valence-electron chi connectivity index (χ4n) is 2.26. The number of pyridine rings is 1. The predicted molar refractivity (Wildman–Crippen MR) is 78.2 cm³/mol. The van der Waals surface area contributed by atoms with Crippen LogP contribution in [0.25, 0.3) is 10.9 Å². The summed E-state index contributed by atoms with van der Waals surface area (Å²) < 4.78 is 0. The van der Waals surface area contributed by atoms with Crippen molar-refractivity contribution < 1.29 is 0 Å². The first-order valence-corrected chi connectivity index (χ1v) is 6.49. The Morgan fingerprint density at radius 1 is 1.22 bits per heavy atom. The SMILES string of the molecule is Cc1cc(CC(C)(C)N)c2nc(C)cc(Cl)c2c1. The van der Waals surface area contributed by atoms with Crippen LogP contribution < -0.4 is 5.73 Å². The zero-order valence-corrected chi connectivity index (χ0v) is 12.1. The maximum absolute atomic E-state index is 6.31. The fourth-order valence-corrected chi connectivity index (χ4v) is 2.57. The van der Waals surface area contributed by atoms with Crippen LogP contribution in [0.1, 0.15) is 30.7 Å². The summed E-state index contributed by atoms with van der Waals surface area (Å²) in [6.45, 7) is 8.09. The van der Waals surface area contributed by atoms with E-state index in [9.17, 15) is 0 Å². The molecular formula is C15H19ClN2. The summed E-state index contributed by atoms with van der Waals surface area (Å²) in [4.78, 5) is 4.62. The molecule has 0 aliphatic carbocycles. The Labute approximate surface area is 113 Å². The van der Waals surface area contributed by atoms with Gasteiger partial charge in [0.15, 0.2) is 0 Å². The van der Waals surface area contributed by atoms with Gasteiger partial charge >= 0.3 is 0 Å². The summed E-state index contributed by atoms with van der Waals surface area (Å²) in [5, 5.41) is 1.78. The van der Waals surface area contributed by atoms with Crippen molar-refractivity contribution in [1.29, 1.82) is 0 Å². The highest BCUT2D eigenvalue weighted by atomic mass is 35.5. The molecule has 0 saturated carbocycles. The van der Waals surface area contributed by atoms with Gasteiger partial charge in [0.25, 0.3) is 0 Å². The molecule has 96 valence electrons. The number of nitrogens with zero attached hydrogens (tertiary/aromatic N) is 1. The van der Waals surface area contributed by atoms with Crippen LogP contribution in [0.2, 0.25) is 5.02 Å². The number of hydrogen-bond acceptors (Lipinski definition) is 2. The molecule has 1 aromatic carbocycles. The maximum atomic E-state index is 6.31. The third kappa shape index (κ3) is 2.82. The quantitative estimate of drug-likeness (QED) is 0.894. The first-order chi connectivity index (χ1) is 8.26. The molecule has 0 amide bonds. The van der Waals surface area contributed by atoms with E-state index < -0.39 is 0 Å². The highest BCUT2D eigenvalue weighted by Crippen LogP contribution is 2.28. The average molecular weight is 263 g/mol. The number of aryl methyl sites for hydroxylation is 2. The summed E-state index contributed by atoms with van der Waals surface area (Å²) in [5.74, 6) is 0. The molecule has 0 aliphatic rings. The molecule has 0 atom stereocenters. The van der Waals surface area contributed by atoms with E-state index in [4.69, 9.17) is 17.3 Å². The lowest BCUT2D eigenvalue weighted by atomic mass is 9.93. The number of rotatable bonds is 2. The van der Waals surface area contributed by atoms with Crippen LogP contribution in [-0.2, 0) is 6.42 Å². The second-order valence-electron chi connectivity index (χ2n) is 5.73. The van der Waals surface area contributed by atoms with E-state index in [0.717, 1.165) is 28.0 Å². The van der Waals surface area contributed by atoms with Gasteiger partial charge in [-0.3, -0.25) is 4.98 Å². The highest BCUT2D eigenvalue weighted by Gasteiger charge is 2.16. The van der Waals surface area contributed by atoms with Crippen molar-refractivity contribution in [2.45, 2.75) is 39.7 Å². The summed E-state index contributed by atoms with van der Waals surface area (Å²) >= 11 is 6.31. The second-order valence-corrected chi connectivity index (χ2v) is 6.14. The summed E-state index contributed by atoms with van der Waals surface area (Å²) in [6.07, 6.45) is 0.790. The molecule has 2 aromatic rings. The molecule has 0 fully saturated rings. The van der Waals surface area contributed by atoms with Crippen molar-refractivity contribution in [2.24, 2.45) is 5.73 Å². The zero-order valence-electron chi connectivity index (χ0n) is 11.3. The van der Waals surface area contributed by atoms with Crippen LogP contribution in [0.5, 0.6) is 0 Å². The number of benzene rings is 1. The number of fused-ring (bicyclic) bond motifs is 1. The van der Waals surface area contributed by atoms with Gasteiger partial charge in [-0.15, -0.1) is 0 Å². The third-order valence-corrected chi connectivity index (χ3v) is 3.17. The Morgan fingerprint density at radius 3 is 2.50 bits per heavy atom. The monoisotopic (exact) mass is 262 g/mol. The minimum absolute atomic E-state index is 0.251. The topological polar surface area (TPSA) is 38.9 Å². The van der Waals surface area contributed by atoms with Gasteiger partial charge in [0.2, 0.25) is 0 Å². The van der Waals surface area contributed by atoms with Gasteiger partial charge < -0.3 is 5.73 Å². The third-order valence-electron chi connectivity index (χ3n) is 2.86. The Hall–Kier alpha value is -1.12. The molecule has 3 heteroatoms. The lowest BCUT2D eigenvalue weighted by Crippen LogP contribution is -2.34. The Bertz CT molecular complexity index is 597. The fraction of sp³-hybridized carbons (Fsp3) is 0.400. The normalized spacial score (nSPS) is 12.1. The van der Waals surface area contributed by atoms with Gasteiger partial charge in [-0.05, 0) is 51.8 Å². The molecular weight excluding hydrogens is 244 g/mol. The van der Waals surface area contributed by atoms with Gasteiger partial charge in [0.05, 0.1) is 10.5 Å². The van der Waals surface area contributed by atoms with Gasteiger partial charge in [-0.1, -0.05) is 23.2 Å². The van der Waals surface area contributed by atoms with Crippen molar-refractivity contribution >= 4 is 22.5 Å². The summed E-state index contributed by atoms with van der Waals surface area (Å²) in [7, 11) is 0. The van der Waals surface area contributed by atoms with Gasteiger partial charge in [-0.2, -0.15) is 0 Å². The molecule has 2 N–H and O–H groups in total. The van der Waals surface area contributed by atoms with Crippen LogP contribution in [0, 0.1) is 13.8 Å². The molecule has 0 bridgehead atoms. The number of nitrogens with two attached hydrogens (primary N) is 1. The van der Waals surface area contributed by atoms with E-state index in [1.54, 1.807) is 0 Å². The Morgan fingerprint density at radius 2 is 1.89 bits per heavy atom. The molecule has 0 saturated heterocycles. The predicted octanol–water partition coefficient (Wildman–Crippen LogP) is 3.78. The second kappa shape index (κ2) is 4.52. The summed E-state index contributed by atoms with van der Waals surface area (Å²) in [5.41, 5.74) is 10.1. The summed E-state index contributed by atoms with van der Waals surface area (Å²) in [6, 6.07) is 6.14. The lowest BCUT2D eigenvalue weighted by molar-refractivity contribution is 0.518. The zero-order chi connectivity index (χ0) is 13.5. The molecule has 1 aromatic heterocycles. The van der Waals surface area contributed by atoms with Crippen molar-refractivity contribution in [2.75, 3.05) is 0 Å². The molecule has 18 heavy (non-hydrogen) atoms. The van der Waals surface area contributed by atoms with Crippen LogP contribution in [-0.4, -0.2) is 10.5 Å². The first kappa shape index (κ1) is 13.3. The Kier molecular flexibility index (Phi) is 3.35. The van der Waals surface area contributed by atoms with E-state index in [1.807, 2.05) is 26.8 Å². The largest absolute Gasteiger partial charge is 0.325 e. The minimum Gasteiger partial charge on any atom is -0.325 e. The van der Waals surface area contributed by atoms with Crippen molar-refractivity contribution in [3.05, 3.63) is 40.0 Å². The van der Waals surface area contributed by atoms with E-state index in [0.29, 0.717) is 0 Å². The van der Waals surface area contributed by atoms with Gasteiger partial charge in [0.1, 0.15) is 0 Å². The number of hydrogen-bond donors (Lipinski definition) is 1. The van der Waals surface area contributed by atoms with Crippen LogP contribution in [0.4, 0.5) is 0 Å². The molecule has 0 unspecified atom stereocenters. The van der Waals surface area contributed by atoms with E-state index in [1.165, 1.54) is 11.1 Å². The smallest absolute Gasteiger partial charge is 0.0752 e. The molecule has 2 nitrogen and oxygen atoms in total. The lowest BCUT2D eigenvalue weighted by Gasteiger charge is -2.20. The maximum Gasteiger partial charge on any atom is 0.0752 e. The minimum atomic E-state index is -0.251. The van der Waals surface area contributed by atoms with Crippen LogP contribution >= 0.6 is 11.6 Å². The van der Waals surface area contributed by atoms with E-state index in [2.05, 4.69) is 24.0 Å². The number of aromatic nitrogens is 1. The van der Waals surface area contributed by atoms with E-state index >= 15 is 0 Å². The van der Waals surface area contributed by atoms with Gasteiger partial charge in [0, 0.05) is 16.6 Å². The molecule has 0 radical (unpaired) electrons. The molecule has 0 spiro atoms. The molecule has 0 aliphatic heterocycles. The van der Waals surface area contributed by atoms with E-state index in [-0.39, 0.29) is 5.54 Å². The highest BCUT2D eigenvalue weighted by molar-refractivity contribution is 6.35. The molecule has 2 rings (SSSR count). The average Bonchev–Trinajstić information content (AvgIpc) is 2.17. The van der Waals surface area contributed by atoms with Gasteiger partial charge in [-0.25, -0.2) is 0 Å². The molecule has 1 heterocycles. The Balaban J connectivity index is 2.72. The van der Waals surface area contributed by atoms with Crippen molar-refractivity contribution in [3.8, 4) is 0 Å². The van der Waals surface area contributed by atoms with Crippen LogP contribution in [0.15, 0.2) is 18.2 Å². The van der Waals surface area contributed by atoms with Crippen LogP contribution in [0.3, 0.4) is 0 Å². The number of halogens is 1. The van der Waals surface area contributed by atoms with Crippen molar-refractivity contribution in [1.82, 2.24) is 4.98 Å².